The molecule has 0 heterocycles. The Bertz CT molecular complexity index is 581. The molecule has 3 nitrogen and oxygen atoms in total. The van der Waals surface area contributed by atoms with Crippen molar-refractivity contribution in [3.8, 4) is 0 Å². The quantitative estimate of drug-likeness (QED) is 0.857. The molecule has 2 aromatic rings. The maximum Gasteiger partial charge on any atom is 0.251 e. The number of hydrogen-bond donors (Lipinski definition) is 1. The Morgan fingerprint density at radius 2 is 1.75 bits per heavy atom. The first-order chi connectivity index (χ1) is 9.70. The van der Waals surface area contributed by atoms with Crippen LogP contribution in [0.15, 0.2) is 54.6 Å². The summed E-state index contributed by atoms with van der Waals surface area (Å²) < 4.78 is 0. The molecular weight excluding hydrogens is 274 g/mol. The second kappa shape index (κ2) is 6.87. The van der Waals surface area contributed by atoms with Gasteiger partial charge in [0.1, 0.15) is 6.29 Å². The predicted molar refractivity (Wildman–Crippen MR) is 78.8 cm³/mol. The van der Waals surface area contributed by atoms with Crippen molar-refractivity contribution >= 4 is 23.8 Å². The zero-order chi connectivity index (χ0) is 14.4. The van der Waals surface area contributed by atoms with Crippen LogP contribution < -0.4 is 5.32 Å². The van der Waals surface area contributed by atoms with Gasteiger partial charge < -0.3 is 10.1 Å². The lowest BCUT2D eigenvalue weighted by Gasteiger charge is -2.17. The molecule has 0 aliphatic carbocycles. The highest BCUT2D eigenvalue weighted by Crippen LogP contribution is 2.19. The van der Waals surface area contributed by atoms with Gasteiger partial charge in [-0.15, -0.1) is 0 Å². The van der Waals surface area contributed by atoms with E-state index in [4.69, 9.17) is 11.6 Å². The molecule has 0 saturated heterocycles. The molecule has 20 heavy (non-hydrogen) atoms. The van der Waals surface area contributed by atoms with E-state index in [1.807, 2.05) is 18.2 Å². The summed E-state index contributed by atoms with van der Waals surface area (Å²) in [5, 5.41) is 3.48. The van der Waals surface area contributed by atoms with Crippen LogP contribution in [0, 0.1) is 0 Å². The molecule has 0 saturated carbocycles. The minimum absolute atomic E-state index is 0.201. The SMILES string of the molecule is O=CC[C@H](NC(=O)c1ccccc1)c1ccc(Cl)cc1. The summed E-state index contributed by atoms with van der Waals surface area (Å²) in [6, 6.07) is 15.6. The van der Waals surface area contributed by atoms with Crippen molar-refractivity contribution in [1.82, 2.24) is 5.32 Å². The van der Waals surface area contributed by atoms with Crippen LogP contribution in [0.3, 0.4) is 0 Å². The van der Waals surface area contributed by atoms with Crippen molar-refractivity contribution in [1.29, 1.82) is 0 Å². The Hall–Kier alpha value is -2.13. The molecule has 0 radical (unpaired) electrons. The minimum atomic E-state index is -0.350. The van der Waals surface area contributed by atoms with Crippen LogP contribution in [-0.2, 0) is 4.79 Å². The van der Waals surface area contributed by atoms with E-state index in [1.54, 1.807) is 36.4 Å². The van der Waals surface area contributed by atoms with Gasteiger partial charge in [0.05, 0.1) is 6.04 Å². The minimum Gasteiger partial charge on any atom is -0.345 e. The van der Waals surface area contributed by atoms with Crippen molar-refractivity contribution in [3.05, 3.63) is 70.7 Å². The molecule has 102 valence electrons. The fourth-order valence-electron chi connectivity index (χ4n) is 1.90. The van der Waals surface area contributed by atoms with E-state index in [2.05, 4.69) is 5.32 Å². The molecule has 2 rings (SSSR count). The van der Waals surface area contributed by atoms with Crippen molar-refractivity contribution in [2.24, 2.45) is 0 Å². The zero-order valence-electron chi connectivity index (χ0n) is 10.8. The third-order valence-electron chi connectivity index (χ3n) is 2.95. The molecule has 0 aliphatic rings. The first kappa shape index (κ1) is 14.3. The van der Waals surface area contributed by atoms with Crippen molar-refractivity contribution in [2.45, 2.75) is 12.5 Å². The van der Waals surface area contributed by atoms with Gasteiger partial charge in [-0.2, -0.15) is 0 Å². The van der Waals surface area contributed by atoms with E-state index in [0.29, 0.717) is 10.6 Å². The molecule has 0 aromatic heterocycles. The van der Waals surface area contributed by atoms with Gasteiger partial charge in [-0.1, -0.05) is 41.9 Å². The Morgan fingerprint density at radius 3 is 2.35 bits per heavy atom. The molecule has 0 unspecified atom stereocenters. The van der Waals surface area contributed by atoms with Gasteiger partial charge in [0, 0.05) is 17.0 Å². The predicted octanol–water partition coefficient (Wildman–Crippen LogP) is 3.40. The molecule has 2 aromatic carbocycles. The van der Waals surface area contributed by atoms with Crippen LogP contribution in [0.25, 0.3) is 0 Å². The van der Waals surface area contributed by atoms with Gasteiger partial charge >= 0.3 is 0 Å². The summed E-state index contributed by atoms with van der Waals surface area (Å²) in [5.41, 5.74) is 1.42. The first-order valence-corrected chi connectivity index (χ1v) is 6.63. The lowest BCUT2D eigenvalue weighted by atomic mass is 10.0. The second-order valence-electron chi connectivity index (χ2n) is 4.35. The summed E-state index contributed by atoms with van der Waals surface area (Å²) in [6.07, 6.45) is 1.02. The smallest absolute Gasteiger partial charge is 0.251 e. The molecule has 0 aliphatic heterocycles. The molecule has 4 heteroatoms. The molecule has 0 spiro atoms. The largest absolute Gasteiger partial charge is 0.345 e. The fourth-order valence-corrected chi connectivity index (χ4v) is 2.03. The Labute approximate surface area is 122 Å². The van der Waals surface area contributed by atoms with Crippen LogP contribution in [-0.4, -0.2) is 12.2 Å². The number of halogens is 1. The van der Waals surface area contributed by atoms with Crippen LogP contribution in [0.4, 0.5) is 0 Å². The maximum atomic E-state index is 12.1. The first-order valence-electron chi connectivity index (χ1n) is 6.25. The normalized spacial score (nSPS) is 11.7. The van der Waals surface area contributed by atoms with Gasteiger partial charge in [0.25, 0.3) is 5.91 Å². The number of aldehydes is 1. The van der Waals surface area contributed by atoms with Gasteiger partial charge in [-0.25, -0.2) is 0 Å². The fraction of sp³-hybridized carbons (Fsp3) is 0.125. The summed E-state index contributed by atoms with van der Waals surface area (Å²) in [4.78, 5) is 22.9. The monoisotopic (exact) mass is 287 g/mol. The van der Waals surface area contributed by atoms with Crippen LogP contribution >= 0.6 is 11.6 Å². The average Bonchev–Trinajstić information content (AvgIpc) is 2.48. The van der Waals surface area contributed by atoms with Gasteiger partial charge in [0.2, 0.25) is 0 Å². The Kier molecular flexibility index (Phi) is 4.91. The highest BCUT2D eigenvalue weighted by Gasteiger charge is 2.15. The third kappa shape index (κ3) is 3.68. The average molecular weight is 288 g/mol. The van der Waals surface area contributed by atoms with E-state index < -0.39 is 0 Å². The van der Waals surface area contributed by atoms with Crippen LogP contribution in [0.2, 0.25) is 5.02 Å². The molecule has 0 bridgehead atoms. The molecule has 1 N–H and O–H groups in total. The third-order valence-corrected chi connectivity index (χ3v) is 3.20. The van der Waals surface area contributed by atoms with Crippen LogP contribution in [0.1, 0.15) is 28.4 Å². The zero-order valence-corrected chi connectivity index (χ0v) is 11.5. The molecule has 1 amide bonds. The van der Waals surface area contributed by atoms with Gasteiger partial charge in [-0.3, -0.25) is 4.79 Å². The van der Waals surface area contributed by atoms with Crippen molar-refractivity contribution in [3.63, 3.8) is 0 Å². The Balaban J connectivity index is 2.15. The van der Waals surface area contributed by atoms with E-state index in [1.165, 1.54) is 0 Å². The maximum absolute atomic E-state index is 12.1. The number of benzene rings is 2. The summed E-state index contributed by atoms with van der Waals surface area (Å²) in [6.45, 7) is 0. The molecule has 0 fully saturated rings. The van der Waals surface area contributed by atoms with E-state index in [-0.39, 0.29) is 18.4 Å². The van der Waals surface area contributed by atoms with Crippen molar-refractivity contribution < 1.29 is 9.59 Å². The molecular formula is C16H14ClNO2. The number of carbonyl (C=O) groups excluding carboxylic acids is 2. The number of nitrogens with one attached hydrogen (secondary N) is 1. The highest BCUT2D eigenvalue weighted by molar-refractivity contribution is 6.30. The van der Waals surface area contributed by atoms with Crippen molar-refractivity contribution in [2.75, 3.05) is 0 Å². The lowest BCUT2D eigenvalue weighted by molar-refractivity contribution is -0.108. The number of hydrogen-bond acceptors (Lipinski definition) is 2. The number of carbonyl (C=O) groups is 2. The van der Waals surface area contributed by atoms with E-state index in [9.17, 15) is 9.59 Å². The second-order valence-corrected chi connectivity index (χ2v) is 4.78. The van der Waals surface area contributed by atoms with Crippen LogP contribution in [0.5, 0.6) is 0 Å². The number of amides is 1. The topological polar surface area (TPSA) is 46.2 Å². The highest BCUT2D eigenvalue weighted by atomic mass is 35.5. The van der Waals surface area contributed by atoms with Gasteiger partial charge in [0.15, 0.2) is 0 Å². The molecule has 1 atom stereocenters. The lowest BCUT2D eigenvalue weighted by Crippen LogP contribution is -2.28. The summed E-state index contributed by atoms with van der Waals surface area (Å²) in [5.74, 6) is -0.201. The standard InChI is InChI=1S/C16H14ClNO2/c17-14-8-6-12(7-9-14)15(10-11-19)18-16(20)13-4-2-1-3-5-13/h1-9,11,15H,10H2,(H,18,20)/t15-/m0/s1. The Morgan fingerprint density at radius 1 is 1.10 bits per heavy atom. The summed E-state index contributed by atoms with van der Waals surface area (Å²) in [7, 11) is 0. The van der Waals surface area contributed by atoms with E-state index in [0.717, 1.165) is 11.8 Å². The summed E-state index contributed by atoms with van der Waals surface area (Å²) >= 11 is 5.84. The van der Waals surface area contributed by atoms with Gasteiger partial charge in [-0.05, 0) is 29.8 Å². The van der Waals surface area contributed by atoms with E-state index >= 15 is 0 Å². The number of rotatable bonds is 5.